The number of hydrogen-bond donors (Lipinski definition) is 0. The SMILES string of the molecule is CCN(CCBr)C(=O)c1c(F)cccc1F. The zero-order valence-electron chi connectivity index (χ0n) is 8.84. The Balaban J connectivity index is 3.03. The minimum atomic E-state index is -0.821. The van der Waals surface area contributed by atoms with Gasteiger partial charge in [0.15, 0.2) is 0 Å². The minimum absolute atomic E-state index is 0.415. The third-order valence-electron chi connectivity index (χ3n) is 2.20. The predicted octanol–water partition coefficient (Wildman–Crippen LogP) is 2.82. The van der Waals surface area contributed by atoms with E-state index in [-0.39, 0.29) is 0 Å². The molecule has 0 saturated heterocycles. The number of nitrogens with zero attached hydrogens (tertiary/aromatic N) is 1. The minimum Gasteiger partial charge on any atom is -0.338 e. The van der Waals surface area contributed by atoms with Crippen LogP contribution < -0.4 is 0 Å². The van der Waals surface area contributed by atoms with Crippen LogP contribution in [0.15, 0.2) is 18.2 Å². The molecule has 16 heavy (non-hydrogen) atoms. The molecule has 0 aromatic heterocycles. The fraction of sp³-hybridized carbons (Fsp3) is 0.364. The maximum absolute atomic E-state index is 13.3. The lowest BCUT2D eigenvalue weighted by molar-refractivity contribution is 0.0765. The third kappa shape index (κ3) is 2.78. The molecule has 0 atom stereocenters. The van der Waals surface area contributed by atoms with Gasteiger partial charge in [0, 0.05) is 18.4 Å². The Hall–Kier alpha value is -0.970. The summed E-state index contributed by atoms with van der Waals surface area (Å²) in [7, 11) is 0. The molecule has 0 N–H and O–H groups in total. The lowest BCUT2D eigenvalue weighted by Gasteiger charge is -2.20. The monoisotopic (exact) mass is 291 g/mol. The van der Waals surface area contributed by atoms with Gasteiger partial charge in [-0.25, -0.2) is 8.78 Å². The molecular weight excluding hydrogens is 280 g/mol. The highest BCUT2D eigenvalue weighted by Gasteiger charge is 2.21. The predicted molar refractivity (Wildman–Crippen MR) is 61.7 cm³/mol. The van der Waals surface area contributed by atoms with E-state index < -0.39 is 23.1 Å². The Morgan fingerprint density at radius 1 is 1.38 bits per heavy atom. The fourth-order valence-corrected chi connectivity index (χ4v) is 1.79. The average molecular weight is 292 g/mol. The van der Waals surface area contributed by atoms with Gasteiger partial charge in [0.05, 0.1) is 0 Å². The summed E-state index contributed by atoms with van der Waals surface area (Å²) in [5, 5.41) is 0.572. The molecule has 0 aliphatic rings. The maximum Gasteiger partial charge on any atom is 0.259 e. The molecule has 1 rings (SSSR count). The summed E-state index contributed by atoms with van der Waals surface area (Å²) < 4.78 is 26.7. The van der Waals surface area contributed by atoms with Crippen molar-refractivity contribution >= 4 is 21.8 Å². The van der Waals surface area contributed by atoms with Gasteiger partial charge in [0.1, 0.15) is 17.2 Å². The van der Waals surface area contributed by atoms with Gasteiger partial charge >= 0.3 is 0 Å². The highest BCUT2D eigenvalue weighted by atomic mass is 79.9. The number of hydrogen-bond acceptors (Lipinski definition) is 1. The first kappa shape index (κ1) is 13.1. The second-order valence-electron chi connectivity index (χ2n) is 3.17. The molecule has 0 spiro atoms. The number of carbonyl (C=O) groups is 1. The molecule has 2 nitrogen and oxygen atoms in total. The Morgan fingerprint density at radius 3 is 2.38 bits per heavy atom. The number of halogens is 3. The van der Waals surface area contributed by atoms with Crippen LogP contribution in [0.5, 0.6) is 0 Å². The van der Waals surface area contributed by atoms with Crippen LogP contribution in [0.3, 0.4) is 0 Å². The first-order valence-corrected chi connectivity index (χ1v) is 6.03. The van der Waals surface area contributed by atoms with Crippen molar-refractivity contribution in [3.63, 3.8) is 0 Å². The number of carbonyl (C=O) groups excluding carboxylic acids is 1. The van der Waals surface area contributed by atoms with Crippen LogP contribution in [0, 0.1) is 11.6 Å². The maximum atomic E-state index is 13.3. The van der Waals surface area contributed by atoms with Gasteiger partial charge in [-0.3, -0.25) is 4.79 Å². The first-order chi connectivity index (χ1) is 7.61. The van der Waals surface area contributed by atoms with Gasteiger partial charge in [0.2, 0.25) is 0 Å². The molecule has 0 heterocycles. The topological polar surface area (TPSA) is 20.3 Å². The standard InChI is InChI=1S/C11H12BrF2NO/c1-2-15(7-6-12)11(16)10-8(13)4-3-5-9(10)14/h3-5H,2,6-7H2,1H3. The van der Waals surface area contributed by atoms with E-state index in [9.17, 15) is 13.6 Å². The normalized spacial score (nSPS) is 10.2. The van der Waals surface area contributed by atoms with E-state index in [1.54, 1.807) is 6.92 Å². The van der Waals surface area contributed by atoms with E-state index in [1.165, 1.54) is 11.0 Å². The van der Waals surface area contributed by atoms with E-state index in [2.05, 4.69) is 15.9 Å². The van der Waals surface area contributed by atoms with E-state index >= 15 is 0 Å². The van der Waals surface area contributed by atoms with Crippen molar-refractivity contribution in [3.8, 4) is 0 Å². The van der Waals surface area contributed by atoms with Crippen LogP contribution in [0.2, 0.25) is 0 Å². The van der Waals surface area contributed by atoms with Crippen molar-refractivity contribution in [2.24, 2.45) is 0 Å². The van der Waals surface area contributed by atoms with Crippen molar-refractivity contribution in [2.75, 3.05) is 18.4 Å². The number of rotatable bonds is 4. The molecule has 88 valence electrons. The van der Waals surface area contributed by atoms with Gasteiger partial charge in [-0.1, -0.05) is 22.0 Å². The third-order valence-corrected chi connectivity index (χ3v) is 2.55. The second-order valence-corrected chi connectivity index (χ2v) is 3.96. The largest absolute Gasteiger partial charge is 0.338 e. The quantitative estimate of drug-likeness (QED) is 0.781. The Bertz CT molecular complexity index is 364. The van der Waals surface area contributed by atoms with Crippen molar-refractivity contribution in [1.29, 1.82) is 0 Å². The summed E-state index contributed by atoms with van der Waals surface area (Å²) in [6.07, 6.45) is 0. The van der Waals surface area contributed by atoms with Gasteiger partial charge in [-0.2, -0.15) is 0 Å². The molecule has 1 aromatic rings. The van der Waals surface area contributed by atoms with Gasteiger partial charge in [0.25, 0.3) is 5.91 Å². The summed E-state index contributed by atoms with van der Waals surface area (Å²) in [5.41, 5.74) is -0.481. The van der Waals surface area contributed by atoms with Crippen molar-refractivity contribution in [1.82, 2.24) is 4.90 Å². The van der Waals surface area contributed by atoms with E-state index in [4.69, 9.17) is 0 Å². The molecule has 0 unspecified atom stereocenters. The number of alkyl halides is 1. The zero-order chi connectivity index (χ0) is 12.1. The molecule has 0 saturated carbocycles. The van der Waals surface area contributed by atoms with Gasteiger partial charge < -0.3 is 4.90 Å². The first-order valence-electron chi connectivity index (χ1n) is 4.91. The average Bonchev–Trinajstić information content (AvgIpc) is 2.25. The Kier molecular flexibility index (Phi) is 4.86. The highest BCUT2D eigenvalue weighted by Crippen LogP contribution is 2.14. The molecular formula is C11H12BrF2NO. The van der Waals surface area contributed by atoms with Crippen LogP contribution in [-0.4, -0.2) is 29.2 Å². The molecule has 1 aromatic carbocycles. The number of amides is 1. The fourth-order valence-electron chi connectivity index (χ4n) is 1.37. The summed E-state index contributed by atoms with van der Waals surface area (Å²) >= 11 is 3.19. The summed E-state index contributed by atoms with van der Waals surface area (Å²) in [5.74, 6) is -2.26. The van der Waals surface area contributed by atoms with Crippen LogP contribution in [-0.2, 0) is 0 Å². The van der Waals surface area contributed by atoms with Crippen LogP contribution >= 0.6 is 15.9 Å². The molecule has 5 heteroatoms. The summed E-state index contributed by atoms with van der Waals surface area (Å²) in [4.78, 5) is 13.2. The van der Waals surface area contributed by atoms with Crippen LogP contribution in [0.1, 0.15) is 17.3 Å². The van der Waals surface area contributed by atoms with Gasteiger partial charge in [-0.05, 0) is 19.1 Å². The highest BCUT2D eigenvalue weighted by molar-refractivity contribution is 9.09. The van der Waals surface area contributed by atoms with Gasteiger partial charge in [-0.15, -0.1) is 0 Å². The van der Waals surface area contributed by atoms with Crippen molar-refractivity contribution < 1.29 is 13.6 Å². The van der Waals surface area contributed by atoms with E-state index in [1.807, 2.05) is 0 Å². The van der Waals surface area contributed by atoms with Crippen LogP contribution in [0.4, 0.5) is 8.78 Å². The lowest BCUT2D eigenvalue weighted by Crippen LogP contribution is -2.33. The van der Waals surface area contributed by atoms with Crippen molar-refractivity contribution in [3.05, 3.63) is 35.4 Å². The summed E-state index contributed by atoms with van der Waals surface area (Å²) in [6, 6.07) is 3.40. The molecule has 0 radical (unpaired) electrons. The summed E-state index contributed by atoms with van der Waals surface area (Å²) in [6.45, 7) is 2.60. The molecule has 0 aliphatic heterocycles. The zero-order valence-corrected chi connectivity index (χ0v) is 10.4. The van der Waals surface area contributed by atoms with E-state index in [0.717, 1.165) is 12.1 Å². The molecule has 0 aliphatic carbocycles. The molecule has 1 amide bonds. The van der Waals surface area contributed by atoms with Crippen LogP contribution in [0.25, 0.3) is 0 Å². The number of benzene rings is 1. The van der Waals surface area contributed by atoms with Crippen molar-refractivity contribution in [2.45, 2.75) is 6.92 Å². The molecule has 0 bridgehead atoms. The lowest BCUT2D eigenvalue weighted by atomic mass is 10.1. The Morgan fingerprint density at radius 2 is 1.94 bits per heavy atom. The second kappa shape index (κ2) is 5.94. The van der Waals surface area contributed by atoms with E-state index in [0.29, 0.717) is 18.4 Å². The Labute approximate surface area is 101 Å². The molecule has 0 fully saturated rings. The smallest absolute Gasteiger partial charge is 0.259 e.